The zero-order valence-corrected chi connectivity index (χ0v) is 17.0. The maximum absolute atomic E-state index is 11.5. The van der Waals surface area contributed by atoms with Gasteiger partial charge < -0.3 is 24.9 Å². The Balaban J connectivity index is 0.00000529. The lowest BCUT2D eigenvalue weighted by atomic mass is 10.0. The van der Waals surface area contributed by atoms with Gasteiger partial charge in [0.15, 0.2) is 5.96 Å². The third kappa shape index (κ3) is 8.53. The third-order valence-corrected chi connectivity index (χ3v) is 2.93. The number of aliphatic hydroxyl groups is 1. The quantitative estimate of drug-likeness (QED) is 0.241. The van der Waals surface area contributed by atoms with Crippen molar-refractivity contribution in [3.8, 4) is 0 Å². The van der Waals surface area contributed by atoms with Crippen LogP contribution in [0, 0.1) is 0 Å². The SMILES string of the molecule is CCNC(=NCC(C)(O)c1ccco1)NCCC(=O)OC(C)C.I. The number of esters is 1. The molecule has 0 aromatic carbocycles. The summed E-state index contributed by atoms with van der Waals surface area (Å²) in [5.41, 5.74) is -1.19. The van der Waals surface area contributed by atoms with Crippen LogP contribution in [0.2, 0.25) is 0 Å². The van der Waals surface area contributed by atoms with Crippen molar-refractivity contribution in [1.29, 1.82) is 0 Å². The summed E-state index contributed by atoms with van der Waals surface area (Å²) in [5, 5.41) is 16.5. The summed E-state index contributed by atoms with van der Waals surface area (Å²) in [6.45, 7) is 8.41. The molecule has 0 saturated heterocycles. The fourth-order valence-electron chi connectivity index (χ4n) is 1.84. The van der Waals surface area contributed by atoms with Crippen molar-refractivity contribution in [2.45, 2.75) is 45.8 Å². The lowest BCUT2D eigenvalue weighted by molar-refractivity contribution is -0.147. The van der Waals surface area contributed by atoms with Gasteiger partial charge in [-0.25, -0.2) is 4.99 Å². The molecular formula is C16H28IN3O4. The van der Waals surface area contributed by atoms with Crippen LogP contribution in [0.1, 0.15) is 39.9 Å². The summed E-state index contributed by atoms with van der Waals surface area (Å²) < 4.78 is 10.3. The highest BCUT2D eigenvalue weighted by Crippen LogP contribution is 2.20. The Morgan fingerprint density at radius 1 is 1.46 bits per heavy atom. The molecule has 0 aliphatic heterocycles. The van der Waals surface area contributed by atoms with E-state index in [1.165, 1.54) is 6.26 Å². The monoisotopic (exact) mass is 453 g/mol. The number of nitrogens with one attached hydrogen (secondary N) is 2. The second kappa shape index (κ2) is 11.3. The van der Waals surface area contributed by atoms with Gasteiger partial charge in [0.2, 0.25) is 0 Å². The molecule has 0 aliphatic rings. The molecule has 1 rings (SSSR count). The van der Waals surface area contributed by atoms with Crippen LogP contribution in [-0.4, -0.2) is 42.8 Å². The molecule has 3 N–H and O–H groups in total. The van der Waals surface area contributed by atoms with E-state index in [-0.39, 0.29) is 49.0 Å². The summed E-state index contributed by atoms with van der Waals surface area (Å²) in [7, 11) is 0. The Morgan fingerprint density at radius 3 is 2.71 bits per heavy atom. The maximum atomic E-state index is 11.5. The average Bonchev–Trinajstić information content (AvgIpc) is 2.99. The van der Waals surface area contributed by atoms with Gasteiger partial charge in [-0.15, -0.1) is 24.0 Å². The van der Waals surface area contributed by atoms with Crippen molar-refractivity contribution in [1.82, 2.24) is 10.6 Å². The molecule has 0 radical (unpaired) electrons. The second-order valence-electron chi connectivity index (χ2n) is 5.66. The highest BCUT2D eigenvalue weighted by Gasteiger charge is 2.26. The molecule has 8 heteroatoms. The van der Waals surface area contributed by atoms with E-state index in [0.717, 1.165) is 0 Å². The van der Waals surface area contributed by atoms with Gasteiger partial charge in [-0.1, -0.05) is 0 Å². The molecule has 0 amide bonds. The first-order valence-corrected chi connectivity index (χ1v) is 7.83. The van der Waals surface area contributed by atoms with Crippen LogP contribution in [0.15, 0.2) is 27.8 Å². The summed E-state index contributed by atoms with van der Waals surface area (Å²) in [6.07, 6.45) is 1.64. The fourth-order valence-corrected chi connectivity index (χ4v) is 1.84. The highest BCUT2D eigenvalue weighted by molar-refractivity contribution is 14.0. The number of guanidine groups is 1. The van der Waals surface area contributed by atoms with E-state index in [2.05, 4.69) is 15.6 Å². The van der Waals surface area contributed by atoms with Gasteiger partial charge >= 0.3 is 5.97 Å². The minimum Gasteiger partial charge on any atom is -0.466 e. The predicted octanol–water partition coefficient (Wildman–Crippen LogP) is 2.00. The van der Waals surface area contributed by atoms with E-state index in [1.54, 1.807) is 19.1 Å². The first kappa shape index (κ1) is 22.7. The van der Waals surface area contributed by atoms with Gasteiger partial charge in [-0.3, -0.25) is 4.79 Å². The first-order valence-electron chi connectivity index (χ1n) is 7.83. The Kier molecular flexibility index (Phi) is 10.7. The van der Waals surface area contributed by atoms with E-state index < -0.39 is 5.60 Å². The van der Waals surface area contributed by atoms with E-state index >= 15 is 0 Å². The smallest absolute Gasteiger partial charge is 0.307 e. The topological polar surface area (TPSA) is 96.1 Å². The first-order chi connectivity index (χ1) is 10.8. The number of carbonyl (C=O) groups is 1. The van der Waals surface area contributed by atoms with Crippen LogP contribution < -0.4 is 10.6 Å². The lowest BCUT2D eigenvalue weighted by Gasteiger charge is -2.19. The molecule has 0 spiro atoms. The number of carbonyl (C=O) groups excluding carboxylic acids is 1. The van der Waals surface area contributed by atoms with E-state index in [1.807, 2.05) is 20.8 Å². The Bertz CT molecular complexity index is 501. The normalized spacial score (nSPS) is 13.8. The van der Waals surface area contributed by atoms with Crippen molar-refractivity contribution in [3.63, 3.8) is 0 Å². The van der Waals surface area contributed by atoms with Crippen LogP contribution in [0.25, 0.3) is 0 Å². The van der Waals surface area contributed by atoms with Crippen molar-refractivity contribution in [2.24, 2.45) is 4.99 Å². The van der Waals surface area contributed by atoms with Crippen LogP contribution >= 0.6 is 24.0 Å². The second-order valence-corrected chi connectivity index (χ2v) is 5.66. The van der Waals surface area contributed by atoms with E-state index in [4.69, 9.17) is 9.15 Å². The third-order valence-electron chi connectivity index (χ3n) is 2.93. The van der Waals surface area contributed by atoms with Gasteiger partial charge in [0.25, 0.3) is 0 Å². The minimum atomic E-state index is -1.19. The average molecular weight is 453 g/mol. The Hall–Kier alpha value is -1.29. The molecule has 0 fully saturated rings. The number of aliphatic imine (C=N–C) groups is 1. The van der Waals surface area contributed by atoms with Gasteiger partial charge in [0.05, 0.1) is 25.3 Å². The Labute approximate surface area is 160 Å². The molecule has 0 saturated carbocycles. The molecule has 1 atom stereocenters. The summed E-state index contributed by atoms with van der Waals surface area (Å²) in [5.74, 6) is 0.722. The van der Waals surface area contributed by atoms with Crippen LogP contribution in [-0.2, 0) is 15.1 Å². The molecule has 1 heterocycles. The molecule has 1 unspecified atom stereocenters. The summed E-state index contributed by atoms with van der Waals surface area (Å²) >= 11 is 0. The van der Waals surface area contributed by atoms with Crippen molar-refractivity contribution < 1.29 is 19.1 Å². The molecule has 7 nitrogen and oxygen atoms in total. The fraction of sp³-hybridized carbons (Fsp3) is 0.625. The lowest BCUT2D eigenvalue weighted by Crippen LogP contribution is -2.39. The van der Waals surface area contributed by atoms with Crippen LogP contribution in [0.3, 0.4) is 0 Å². The molecule has 0 bridgehead atoms. The molecular weight excluding hydrogens is 425 g/mol. The van der Waals surface area contributed by atoms with Gasteiger partial charge in [-0.05, 0) is 39.8 Å². The van der Waals surface area contributed by atoms with Crippen LogP contribution in [0.5, 0.6) is 0 Å². The number of rotatable bonds is 8. The highest BCUT2D eigenvalue weighted by atomic mass is 127. The van der Waals surface area contributed by atoms with Crippen molar-refractivity contribution >= 4 is 35.9 Å². The number of hydrogen-bond donors (Lipinski definition) is 3. The zero-order valence-electron chi connectivity index (χ0n) is 14.7. The molecule has 0 aliphatic carbocycles. The van der Waals surface area contributed by atoms with Crippen molar-refractivity contribution in [2.75, 3.05) is 19.6 Å². The number of hydrogen-bond acceptors (Lipinski definition) is 5. The number of furan rings is 1. The van der Waals surface area contributed by atoms with E-state index in [0.29, 0.717) is 24.8 Å². The van der Waals surface area contributed by atoms with Gasteiger partial charge in [0, 0.05) is 13.1 Å². The van der Waals surface area contributed by atoms with Crippen molar-refractivity contribution in [3.05, 3.63) is 24.2 Å². The summed E-state index contributed by atoms with van der Waals surface area (Å²) in [6, 6.07) is 3.43. The molecule has 1 aromatic rings. The van der Waals surface area contributed by atoms with Crippen LogP contribution in [0.4, 0.5) is 0 Å². The molecule has 24 heavy (non-hydrogen) atoms. The van der Waals surface area contributed by atoms with Gasteiger partial charge in [0.1, 0.15) is 11.4 Å². The molecule has 1 aromatic heterocycles. The Morgan fingerprint density at radius 2 is 2.17 bits per heavy atom. The largest absolute Gasteiger partial charge is 0.466 e. The minimum absolute atomic E-state index is 0. The summed E-state index contributed by atoms with van der Waals surface area (Å²) in [4.78, 5) is 15.8. The number of nitrogens with zero attached hydrogens (tertiary/aromatic N) is 1. The predicted molar refractivity (Wildman–Crippen MR) is 104 cm³/mol. The standard InChI is InChI=1S/C16H27N3O4.HI/c1-5-17-15(18-9-8-14(20)23-12(2)3)19-11-16(4,21)13-7-6-10-22-13;/h6-7,10,12,21H,5,8-9,11H2,1-4H3,(H2,17,18,19);1H. The van der Waals surface area contributed by atoms with E-state index in [9.17, 15) is 9.90 Å². The maximum Gasteiger partial charge on any atom is 0.307 e. The number of halogens is 1. The number of ether oxygens (including phenoxy) is 1. The zero-order chi connectivity index (χ0) is 17.3. The van der Waals surface area contributed by atoms with Gasteiger partial charge in [-0.2, -0.15) is 0 Å². The molecule has 138 valence electrons.